The van der Waals surface area contributed by atoms with E-state index in [2.05, 4.69) is 35.5 Å². The minimum atomic E-state index is 0.394. The van der Waals surface area contributed by atoms with Crippen LogP contribution in [0.2, 0.25) is 0 Å². The standard InChI is InChI=1S/C26H19N7O3/c1-15-28-24(35-32-15)18-8-6-17(7-9-18)12-23-29-26(36-33-23)22-14-27-11-10-21(22)19-4-3-5-20(13-19)25-31-30-16(2)34-25/h3-11,13-14H,12H2,1-2H3. The van der Waals surface area contributed by atoms with Crippen LogP contribution in [-0.2, 0) is 6.42 Å². The molecule has 0 aliphatic rings. The second-order valence-corrected chi connectivity index (χ2v) is 8.16. The van der Waals surface area contributed by atoms with E-state index in [0.717, 1.165) is 33.4 Å². The van der Waals surface area contributed by atoms with E-state index in [0.29, 0.717) is 41.6 Å². The Kier molecular flexibility index (Phi) is 5.38. The molecule has 0 radical (unpaired) electrons. The predicted octanol–water partition coefficient (Wildman–Crippen LogP) is 5.11. The molecule has 0 amide bonds. The fourth-order valence-electron chi connectivity index (χ4n) is 3.85. The van der Waals surface area contributed by atoms with Crippen LogP contribution in [0.25, 0.3) is 45.5 Å². The van der Waals surface area contributed by atoms with E-state index in [9.17, 15) is 0 Å². The van der Waals surface area contributed by atoms with Gasteiger partial charge in [-0.2, -0.15) is 9.97 Å². The molecule has 6 aromatic rings. The van der Waals surface area contributed by atoms with Gasteiger partial charge in [0.15, 0.2) is 11.6 Å². The summed E-state index contributed by atoms with van der Waals surface area (Å²) >= 11 is 0. The molecule has 0 bridgehead atoms. The van der Waals surface area contributed by atoms with Crippen LogP contribution in [-0.4, -0.2) is 35.5 Å². The minimum Gasteiger partial charge on any atom is -0.421 e. The maximum absolute atomic E-state index is 5.62. The number of rotatable bonds is 6. The summed E-state index contributed by atoms with van der Waals surface area (Å²) in [5.74, 6) is 3.02. The average Bonchev–Trinajstić information content (AvgIpc) is 3.66. The third-order valence-corrected chi connectivity index (χ3v) is 5.56. The van der Waals surface area contributed by atoms with Crippen LogP contribution in [0.1, 0.15) is 23.1 Å². The number of nitrogens with zero attached hydrogens (tertiary/aromatic N) is 7. The largest absolute Gasteiger partial charge is 0.421 e. The van der Waals surface area contributed by atoms with Crippen molar-refractivity contribution < 1.29 is 13.5 Å². The zero-order chi connectivity index (χ0) is 24.5. The van der Waals surface area contributed by atoms with Gasteiger partial charge in [-0.05, 0) is 53.9 Å². The Hall–Kier alpha value is -4.99. The van der Waals surface area contributed by atoms with Gasteiger partial charge >= 0.3 is 0 Å². The Morgan fingerprint density at radius 1 is 0.722 bits per heavy atom. The highest BCUT2D eigenvalue weighted by Gasteiger charge is 2.16. The van der Waals surface area contributed by atoms with Crippen LogP contribution in [0.15, 0.2) is 80.5 Å². The van der Waals surface area contributed by atoms with Crippen molar-refractivity contribution in [2.24, 2.45) is 0 Å². The van der Waals surface area contributed by atoms with Gasteiger partial charge in [-0.15, -0.1) is 10.2 Å². The molecule has 0 spiro atoms. The Morgan fingerprint density at radius 2 is 1.56 bits per heavy atom. The first-order valence-electron chi connectivity index (χ1n) is 11.2. The molecule has 176 valence electrons. The lowest BCUT2D eigenvalue weighted by molar-refractivity contribution is 0.424. The average molecular weight is 477 g/mol. The molecule has 2 aromatic carbocycles. The molecule has 0 aliphatic heterocycles. The number of aryl methyl sites for hydroxylation is 2. The SMILES string of the molecule is Cc1noc(-c2ccc(Cc3noc(-c4cnccc4-c4cccc(-c5nnc(C)o5)c4)n3)cc2)n1. The van der Waals surface area contributed by atoms with Crippen molar-refractivity contribution in [1.29, 1.82) is 0 Å². The number of hydrogen-bond acceptors (Lipinski definition) is 10. The summed E-state index contributed by atoms with van der Waals surface area (Å²) in [6.07, 6.45) is 3.96. The van der Waals surface area contributed by atoms with Crippen molar-refractivity contribution in [2.45, 2.75) is 20.3 Å². The maximum Gasteiger partial charge on any atom is 0.260 e. The van der Waals surface area contributed by atoms with E-state index in [1.807, 2.05) is 54.6 Å². The molecule has 0 saturated carbocycles. The highest BCUT2D eigenvalue weighted by molar-refractivity contribution is 5.81. The second-order valence-electron chi connectivity index (χ2n) is 8.16. The van der Waals surface area contributed by atoms with Crippen molar-refractivity contribution in [1.82, 2.24) is 35.5 Å². The fourth-order valence-corrected chi connectivity index (χ4v) is 3.85. The highest BCUT2D eigenvalue weighted by atomic mass is 16.5. The molecular formula is C26H19N7O3. The van der Waals surface area contributed by atoms with E-state index in [1.165, 1.54) is 0 Å². The Labute approximate surface area is 205 Å². The molecule has 0 aliphatic carbocycles. The second kappa shape index (κ2) is 8.99. The Balaban J connectivity index is 1.26. The van der Waals surface area contributed by atoms with Crippen molar-refractivity contribution in [3.8, 4) is 45.5 Å². The lowest BCUT2D eigenvalue weighted by atomic mass is 9.99. The number of benzene rings is 2. The summed E-state index contributed by atoms with van der Waals surface area (Å²) in [6, 6.07) is 17.6. The highest BCUT2D eigenvalue weighted by Crippen LogP contribution is 2.33. The summed E-state index contributed by atoms with van der Waals surface area (Å²) in [4.78, 5) is 13.2. The monoisotopic (exact) mass is 477 g/mol. The van der Waals surface area contributed by atoms with Gasteiger partial charge in [-0.1, -0.05) is 34.6 Å². The lowest BCUT2D eigenvalue weighted by Crippen LogP contribution is -1.92. The molecule has 4 heterocycles. The maximum atomic E-state index is 5.62. The van der Waals surface area contributed by atoms with Crippen LogP contribution in [0, 0.1) is 13.8 Å². The molecule has 0 unspecified atom stereocenters. The van der Waals surface area contributed by atoms with Crippen LogP contribution in [0.4, 0.5) is 0 Å². The first kappa shape index (κ1) is 21.5. The van der Waals surface area contributed by atoms with Gasteiger partial charge in [-0.25, -0.2) is 0 Å². The molecular weight excluding hydrogens is 458 g/mol. The first-order valence-corrected chi connectivity index (χ1v) is 11.2. The molecule has 0 atom stereocenters. The third-order valence-electron chi connectivity index (χ3n) is 5.56. The van der Waals surface area contributed by atoms with Crippen molar-refractivity contribution in [2.75, 3.05) is 0 Å². The summed E-state index contributed by atoms with van der Waals surface area (Å²) in [6.45, 7) is 3.55. The van der Waals surface area contributed by atoms with Crippen LogP contribution in [0.3, 0.4) is 0 Å². The number of pyridine rings is 1. The van der Waals surface area contributed by atoms with Crippen LogP contribution >= 0.6 is 0 Å². The van der Waals surface area contributed by atoms with Gasteiger partial charge in [0.05, 0.1) is 5.56 Å². The predicted molar refractivity (Wildman–Crippen MR) is 128 cm³/mol. The van der Waals surface area contributed by atoms with Crippen molar-refractivity contribution >= 4 is 0 Å². The number of aromatic nitrogens is 7. The summed E-state index contributed by atoms with van der Waals surface area (Å²) in [5.41, 5.74) is 5.27. The molecule has 0 N–H and O–H groups in total. The summed E-state index contributed by atoms with van der Waals surface area (Å²) in [5, 5.41) is 16.1. The quantitative estimate of drug-likeness (QED) is 0.319. The minimum absolute atomic E-state index is 0.394. The molecule has 0 fully saturated rings. The van der Waals surface area contributed by atoms with E-state index in [1.54, 1.807) is 26.2 Å². The van der Waals surface area contributed by atoms with Gasteiger partial charge in [0.2, 0.25) is 11.8 Å². The van der Waals surface area contributed by atoms with Crippen molar-refractivity contribution in [3.05, 3.63) is 90.1 Å². The van der Waals surface area contributed by atoms with Crippen molar-refractivity contribution in [3.63, 3.8) is 0 Å². The third kappa shape index (κ3) is 4.27. The normalized spacial score (nSPS) is 11.2. The first-order chi connectivity index (χ1) is 17.6. The van der Waals surface area contributed by atoms with E-state index >= 15 is 0 Å². The fraction of sp³-hybridized carbons (Fsp3) is 0.115. The smallest absolute Gasteiger partial charge is 0.260 e. The summed E-state index contributed by atoms with van der Waals surface area (Å²) < 4.78 is 16.4. The van der Waals surface area contributed by atoms with E-state index < -0.39 is 0 Å². The van der Waals surface area contributed by atoms with Gasteiger partial charge in [0, 0.05) is 36.9 Å². The zero-order valence-corrected chi connectivity index (χ0v) is 19.4. The molecule has 10 nitrogen and oxygen atoms in total. The van der Waals surface area contributed by atoms with Gasteiger partial charge in [0.25, 0.3) is 11.8 Å². The van der Waals surface area contributed by atoms with Crippen LogP contribution in [0.5, 0.6) is 0 Å². The van der Waals surface area contributed by atoms with Crippen LogP contribution < -0.4 is 0 Å². The van der Waals surface area contributed by atoms with Gasteiger partial charge in [0.1, 0.15) is 0 Å². The number of hydrogen-bond donors (Lipinski definition) is 0. The van der Waals surface area contributed by atoms with E-state index in [-0.39, 0.29) is 0 Å². The van der Waals surface area contributed by atoms with Gasteiger partial charge in [-0.3, -0.25) is 4.98 Å². The molecule has 36 heavy (non-hydrogen) atoms. The lowest BCUT2D eigenvalue weighted by Gasteiger charge is -2.07. The topological polar surface area (TPSA) is 130 Å². The molecule has 10 heteroatoms. The molecule has 0 saturated heterocycles. The summed E-state index contributed by atoms with van der Waals surface area (Å²) in [7, 11) is 0. The van der Waals surface area contributed by atoms with E-state index in [4.69, 9.17) is 13.5 Å². The Morgan fingerprint density at radius 3 is 2.33 bits per heavy atom. The zero-order valence-electron chi connectivity index (χ0n) is 19.4. The van der Waals surface area contributed by atoms with Gasteiger partial charge < -0.3 is 13.5 Å². The Bertz CT molecular complexity index is 1650. The molecule has 6 rings (SSSR count). The molecule has 4 aromatic heterocycles.